The van der Waals surface area contributed by atoms with Gasteiger partial charge in [0.05, 0.1) is 22.6 Å². The number of aryl methyl sites for hydroxylation is 1. The second kappa shape index (κ2) is 13.5. The number of hydrogen-bond acceptors (Lipinski definition) is 4. The number of rotatable bonds is 11. The van der Waals surface area contributed by atoms with Gasteiger partial charge in [0.25, 0.3) is 5.56 Å². The molecule has 0 aliphatic carbocycles. The number of aromatic nitrogens is 2. The molecule has 0 spiro atoms. The van der Waals surface area contributed by atoms with Crippen LogP contribution in [0, 0.1) is 0 Å². The minimum Gasteiger partial charge on any atom is -0.314 e. The van der Waals surface area contributed by atoms with Crippen LogP contribution in [0.15, 0.2) is 82.5 Å². The molecule has 1 unspecified atom stereocenters. The Morgan fingerprint density at radius 1 is 0.974 bits per heavy atom. The van der Waals surface area contributed by atoms with Gasteiger partial charge in [0, 0.05) is 17.1 Å². The summed E-state index contributed by atoms with van der Waals surface area (Å²) in [4.78, 5) is 35.8. The molecule has 4 aromatic rings. The van der Waals surface area contributed by atoms with Crippen molar-refractivity contribution in [3.05, 3.63) is 94.5 Å². The third-order valence-electron chi connectivity index (χ3n) is 7.07. The van der Waals surface area contributed by atoms with E-state index in [1.54, 1.807) is 16.3 Å². The second-order valence-electron chi connectivity index (χ2n) is 9.63. The Bertz CT molecular complexity index is 1450. The minimum absolute atomic E-state index is 0.125. The summed E-state index contributed by atoms with van der Waals surface area (Å²) < 4.78 is 1.70. The molecule has 6 nitrogen and oxygen atoms in total. The molecule has 7 heteroatoms. The van der Waals surface area contributed by atoms with Crippen molar-refractivity contribution in [2.45, 2.75) is 63.8 Å². The normalized spacial score (nSPS) is 11.9. The Hall–Kier alpha value is -3.58. The van der Waals surface area contributed by atoms with Crippen molar-refractivity contribution in [3.8, 4) is 5.69 Å². The molecule has 0 saturated heterocycles. The Morgan fingerprint density at radius 3 is 2.33 bits per heavy atom. The molecule has 4 rings (SSSR count). The highest BCUT2D eigenvalue weighted by molar-refractivity contribution is 7.98. The van der Waals surface area contributed by atoms with E-state index < -0.39 is 6.04 Å². The number of carbonyl (C=O) groups is 1. The number of urea groups is 1. The molecular weight excluding hydrogens is 504 g/mol. The highest BCUT2D eigenvalue weighted by atomic mass is 32.2. The van der Waals surface area contributed by atoms with E-state index in [9.17, 15) is 9.59 Å². The van der Waals surface area contributed by atoms with Gasteiger partial charge in [-0.25, -0.2) is 9.78 Å². The first kappa shape index (κ1) is 28.4. The van der Waals surface area contributed by atoms with E-state index in [4.69, 9.17) is 4.98 Å². The second-order valence-corrected chi connectivity index (χ2v) is 10.5. The number of nitrogens with one attached hydrogen (secondary N) is 1. The molecule has 0 aliphatic heterocycles. The average molecular weight is 543 g/mol. The smallest absolute Gasteiger partial charge is 0.314 e. The number of amides is 2. The van der Waals surface area contributed by atoms with E-state index in [1.165, 1.54) is 5.56 Å². The molecule has 1 atom stereocenters. The molecule has 0 saturated carbocycles. The van der Waals surface area contributed by atoms with Crippen LogP contribution in [0.2, 0.25) is 0 Å². The number of nitrogens with zero attached hydrogens (tertiary/aromatic N) is 3. The number of anilines is 1. The van der Waals surface area contributed by atoms with Gasteiger partial charge in [-0.1, -0.05) is 57.9 Å². The maximum absolute atomic E-state index is 13.9. The fourth-order valence-electron chi connectivity index (χ4n) is 4.85. The van der Waals surface area contributed by atoms with E-state index in [-0.39, 0.29) is 11.6 Å². The first-order chi connectivity index (χ1) is 19.0. The first-order valence-corrected chi connectivity index (χ1v) is 15.1. The van der Waals surface area contributed by atoms with Crippen molar-refractivity contribution in [1.82, 2.24) is 14.5 Å². The van der Waals surface area contributed by atoms with Crippen LogP contribution in [-0.4, -0.2) is 33.3 Å². The molecule has 3 aromatic carbocycles. The molecule has 1 N–H and O–H groups in total. The van der Waals surface area contributed by atoms with Crippen LogP contribution in [0.3, 0.4) is 0 Å². The summed E-state index contributed by atoms with van der Waals surface area (Å²) in [5.74, 6) is 0.579. The van der Waals surface area contributed by atoms with E-state index in [2.05, 4.69) is 19.2 Å². The van der Waals surface area contributed by atoms with E-state index in [0.29, 0.717) is 29.7 Å². The maximum Gasteiger partial charge on any atom is 0.322 e. The fourth-order valence-corrected chi connectivity index (χ4v) is 5.25. The Kier molecular flexibility index (Phi) is 9.82. The Balaban J connectivity index is 1.82. The zero-order chi connectivity index (χ0) is 27.8. The standard InChI is InChI=1S/C32H38N4O2S/c1-5-8-11-22-35(32(38)33-24-16-20-26(39-4)21-17-24)29(7-3)30-34-28-13-10-9-12-27(28)31(37)36(30)25-18-14-23(6-2)15-19-25/h9-10,12-21,29H,5-8,11,22H2,1-4H3,(H,33,38). The summed E-state index contributed by atoms with van der Waals surface area (Å²) in [6, 6.07) is 22.7. The van der Waals surface area contributed by atoms with Crippen molar-refractivity contribution >= 4 is 34.4 Å². The van der Waals surface area contributed by atoms with Gasteiger partial charge in [0.1, 0.15) is 5.82 Å². The van der Waals surface area contributed by atoms with E-state index >= 15 is 0 Å². The number of carbonyl (C=O) groups excluding carboxylic acids is 1. The summed E-state index contributed by atoms with van der Waals surface area (Å²) in [7, 11) is 0. The number of unbranched alkanes of at least 4 members (excludes halogenated alkanes) is 2. The third-order valence-corrected chi connectivity index (χ3v) is 7.81. The summed E-state index contributed by atoms with van der Waals surface area (Å²) in [5.41, 5.74) is 3.21. The van der Waals surface area contributed by atoms with Crippen LogP contribution in [-0.2, 0) is 6.42 Å². The molecule has 1 aromatic heterocycles. The van der Waals surface area contributed by atoms with Crippen LogP contribution in [0.4, 0.5) is 10.5 Å². The van der Waals surface area contributed by atoms with Gasteiger partial charge in [-0.2, -0.15) is 0 Å². The number of benzene rings is 3. The summed E-state index contributed by atoms with van der Waals surface area (Å²) in [6.45, 7) is 6.87. The fraction of sp³-hybridized carbons (Fsp3) is 0.344. The summed E-state index contributed by atoms with van der Waals surface area (Å²) in [5, 5.41) is 3.66. The predicted octanol–water partition coefficient (Wildman–Crippen LogP) is 7.85. The molecule has 0 radical (unpaired) electrons. The van der Waals surface area contributed by atoms with Crippen molar-refractivity contribution in [1.29, 1.82) is 0 Å². The Labute approximate surface area is 235 Å². The lowest BCUT2D eigenvalue weighted by Gasteiger charge is -2.32. The van der Waals surface area contributed by atoms with Crippen LogP contribution in [0.1, 0.15) is 63.9 Å². The first-order valence-electron chi connectivity index (χ1n) is 13.8. The van der Waals surface area contributed by atoms with E-state index in [1.807, 2.05) is 90.9 Å². The van der Waals surface area contributed by atoms with Crippen molar-refractivity contribution in [3.63, 3.8) is 0 Å². The predicted molar refractivity (Wildman–Crippen MR) is 163 cm³/mol. The van der Waals surface area contributed by atoms with Gasteiger partial charge in [0.2, 0.25) is 0 Å². The van der Waals surface area contributed by atoms with Gasteiger partial charge in [-0.05, 0) is 79.6 Å². The third kappa shape index (κ3) is 6.53. The van der Waals surface area contributed by atoms with Gasteiger partial charge >= 0.3 is 6.03 Å². The van der Waals surface area contributed by atoms with Gasteiger partial charge < -0.3 is 10.2 Å². The number of thioether (sulfide) groups is 1. The highest BCUT2D eigenvalue weighted by Crippen LogP contribution is 2.28. The molecule has 204 valence electrons. The molecule has 1 heterocycles. The molecule has 0 aliphatic rings. The Morgan fingerprint density at radius 2 is 1.69 bits per heavy atom. The highest BCUT2D eigenvalue weighted by Gasteiger charge is 2.29. The van der Waals surface area contributed by atoms with Crippen LogP contribution < -0.4 is 10.9 Å². The number of hydrogen-bond donors (Lipinski definition) is 1. The monoisotopic (exact) mass is 542 g/mol. The largest absolute Gasteiger partial charge is 0.322 e. The SMILES string of the molecule is CCCCCN(C(=O)Nc1ccc(SC)cc1)C(CC)c1nc2ccccc2c(=O)n1-c1ccc(CC)cc1. The van der Waals surface area contributed by atoms with Crippen molar-refractivity contribution in [2.24, 2.45) is 0 Å². The lowest BCUT2D eigenvalue weighted by atomic mass is 10.1. The average Bonchev–Trinajstić information content (AvgIpc) is 2.97. The van der Waals surface area contributed by atoms with Crippen LogP contribution in [0.5, 0.6) is 0 Å². The zero-order valence-electron chi connectivity index (χ0n) is 23.3. The van der Waals surface area contributed by atoms with Gasteiger partial charge in [-0.3, -0.25) is 9.36 Å². The molecule has 2 amide bonds. The topological polar surface area (TPSA) is 67.2 Å². The maximum atomic E-state index is 13.9. The molecule has 0 bridgehead atoms. The van der Waals surface area contributed by atoms with Crippen molar-refractivity contribution < 1.29 is 4.79 Å². The quantitative estimate of drug-likeness (QED) is 0.155. The number of para-hydroxylation sites is 1. The summed E-state index contributed by atoms with van der Waals surface area (Å²) in [6.07, 6.45) is 6.49. The van der Waals surface area contributed by atoms with Gasteiger partial charge in [-0.15, -0.1) is 11.8 Å². The molecule has 39 heavy (non-hydrogen) atoms. The number of fused-ring (bicyclic) bond motifs is 1. The summed E-state index contributed by atoms with van der Waals surface area (Å²) >= 11 is 1.66. The van der Waals surface area contributed by atoms with E-state index in [0.717, 1.165) is 42.0 Å². The molecule has 0 fully saturated rings. The van der Waals surface area contributed by atoms with Crippen LogP contribution in [0.25, 0.3) is 16.6 Å². The van der Waals surface area contributed by atoms with Crippen LogP contribution >= 0.6 is 11.8 Å². The van der Waals surface area contributed by atoms with Gasteiger partial charge in [0.15, 0.2) is 0 Å². The minimum atomic E-state index is -0.393. The lowest BCUT2D eigenvalue weighted by molar-refractivity contribution is 0.179. The van der Waals surface area contributed by atoms with Crippen molar-refractivity contribution in [2.75, 3.05) is 18.1 Å². The zero-order valence-corrected chi connectivity index (χ0v) is 24.1. The molecular formula is C32H38N4O2S. The lowest BCUT2D eigenvalue weighted by Crippen LogP contribution is -2.41.